The number of amides is 2. The molecule has 30 heavy (non-hydrogen) atoms. The molecule has 9 heteroatoms. The third kappa shape index (κ3) is 4.17. The van der Waals surface area contributed by atoms with Gasteiger partial charge in [0.05, 0.1) is 29.0 Å². The highest BCUT2D eigenvalue weighted by Gasteiger charge is 2.39. The molecule has 1 fully saturated rings. The van der Waals surface area contributed by atoms with Crippen LogP contribution in [-0.2, 0) is 9.53 Å². The van der Waals surface area contributed by atoms with Gasteiger partial charge in [0.25, 0.3) is 11.8 Å². The van der Waals surface area contributed by atoms with Crippen molar-refractivity contribution in [2.24, 2.45) is 0 Å². The van der Waals surface area contributed by atoms with Crippen LogP contribution in [0.3, 0.4) is 0 Å². The Labute approximate surface area is 177 Å². The highest BCUT2D eigenvalue weighted by atomic mass is 32.1. The molecule has 2 amide bonds. The summed E-state index contributed by atoms with van der Waals surface area (Å²) in [6, 6.07) is 8.29. The molecule has 0 saturated carbocycles. The fourth-order valence-electron chi connectivity index (χ4n) is 3.90. The average molecular weight is 430 g/mol. The van der Waals surface area contributed by atoms with Crippen molar-refractivity contribution in [3.63, 3.8) is 0 Å². The number of carboxylic acids is 1. The predicted octanol–water partition coefficient (Wildman–Crippen LogP) is 2.86. The topological polar surface area (TPSA) is 105 Å². The number of nitrogens with one attached hydrogen (secondary N) is 1. The first-order valence-electron chi connectivity index (χ1n) is 9.68. The summed E-state index contributed by atoms with van der Waals surface area (Å²) in [5.74, 6) is -0.963. The van der Waals surface area contributed by atoms with Gasteiger partial charge in [0.15, 0.2) is 0 Å². The number of rotatable bonds is 4. The number of carbonyl (C=O) groups excluding carboxylic acids is 2. The summed E-state index contributed by atoms with van der Waals surface area (Å²) in [4.78, 5) is 38.7. The SMILES string of the molecule is CN1C(=O)c2cc(NC(=O)c3cccs3)ccc2OC[C@H]2O[C@H](CC(=O)O)CC[C@@H]21. The fraction of sp³-hybridized carbons (Fsp3) is 0.381. The lowest BCUT2D eigenvalue weighted by atomic mass is 9.94. The van der Waals surface area contributed by atoms with E-state index in [4.69, 9.17) is 14.6 Å². The van der Waals surface area contributed by atoms with E-state index in [1.165, 1.54) is 11.3 Å². The molecule has 3 heterocycles. The number of nitrogens with zero attached hydrogens (tertiary/aromatic N) is 1. The van der Waals surface area contributed by atoms with Crippen molar-refractivity contribution in [1.29, 1.82) is 0 Å². The molecule has 4 rings (SSSR count). The zero-order valence-corrected chi connectivity index (χ0v) is 17.2. The number of likely N-dealkylation sites (N-methyl/N-ethyl adjacent to an activating group) is 1. The molecule has 0 spiro atoms. The number of hydrogen-bond acceptors (Lipinski definition) is 6. The van der Waals surface area contributed by atoms with Crippen molar-refractivity contribution >= 4 is 34.8 Å². The Morgan fingerprint density at radius 3 is 2.87 bits per heavy atom. The molecular weight excluding hydrogens is 408 g/mol. The number of hydrogen-bond donors (Lipinski definition) is 2. The van der Waals surface area contributed by atoms with E-state index in [9.17, 15) is 14.4 Å². The lowest BCUT2D eigenvalue weighted by Crippen LogP contribution is -2.53. The molecule has 0 aliphatic carbocycles. The van der Waals surface area contributed by atoms with Crippen LogP contribution in [0.5, 0.6) is 5.75 Å². The summed E-state index contributed by atoms with van der Waals surface area (Å²) >= 11 is 1.34. The number of thiophene rings is 1. The van der Waals surface area contributed by atoms with Crippen molar-refractivity contribution in [3.05, 3.63) is 46.2 Å². The molecule has 1 aromatic carbocycles. The maximum atomic E-state index is 13.2. The molecular formula is C21H22N2O6S. The minimum absolute atomic E-state index is 0.0647. The van der Waals surface area contributed by atoms with Gasteiger partial charge in [-0.25, -0.2) is 0 Å². The first-order chi connectivity index (χ1) is 14.4. The van der Waals surface area contributed by atoms with E-state index in [1.807, 2.05) is 5.38 Å². The normalized spacial score (nSPS) is 23.4. The van der Waals surface area contributed by atoms with E-state index in [1.54, 1.807) is 42.3 Å². The van der Waals surface area contributed by atoms with Crippen molar-refractivity contribution in [1.82, 2.24) is 4.90 Å². The smallest absolute Gasteiger partial charge is 0.305 e. The third-order valence-corrected chi connectivity index (χ3v) is 6.29. The fourth-order valence-corrected chi connectivity index (χ4v) is 4.52. The number of anilines is 1. The summed E-state index contributed by atoms with van der Waals surface area (Å²) in [6.07, 6.45) is 0.353. The summed E-state index contributed by atoms with van der Waals surface area (Å²) < 4.78 is 11.8. The van der Waals surface area contributed by atoms with Crippen LogP contribution in [0.25, 0.3) is 0 Å². The Morgan fingerprint density at radius 2 is 2.13 bits per heavy atom. The predicted molar refractivity (Wildman–Crippen MR) is 110 cm³/mol. The Morgan fingerprint density at radius 1 is 1.30 bits per heavy atom. The summed E-state index contributed by atoms with van der Waals surface area (Å²) in [5.41, 5.74) is 0.878. The monoisotopic (exact) mass is 430 g/mol. The Kier molecular flexibility index (Phi) is 5.74. The number of benzene rings is 1. The standard InChI is InChI=1S/C21H22N2O6S/c1-23-15-6-5-13(10-19(24)25)29-17(15)11-28-16-7-4-12(9-14(16)21(23)27)22-20(26)18-3-2-8-30-18/h2-4,7-9,13,15,17H,5-6,10-11H2,1H3,(H,22,26)(H,24,25)/t13-,15-,17+/m0/s1. The molecule has 1 saturated heterocycles. The molecule has 0 unspecified atom stereocenters. The molecule has 2 aliphatic rings. The molecule has 0 bridgehead atoms. The van der Waals surface area contributed by atoms with Crippen LogP contribution in [0.1, 0.15) is 39.3 Å². The van der Waals surface area contributed by atoms with Crippen LogP contribution >= 0.6 is 11.3 Å². The van der Waals surface area contributed by atoms with Gasteiger partial charge in [0.2, 0.25) is 0 Å². The second-order valence-corrected chi connectivity index (χ2v) is 8.36. The van der Waals surface area contributed by atoms with Gasteiger partial charge in [-0.3, -0.25) is 14.4 Å². The van der Waals surface area contributed by atoms with Crippen LogP contribution < -0.4 is 10.1 Å². The zero-order valence-electron chi connectivity index (χ0n) is 16.4. The quantitative estimate of drug-likeness (QED) is 0.773. The average Bonchev–Trinajstić information content (AvgIpc) is 3.26. The minimum Gasteiger partial charge on any atom is -0.490 e. The van der Waals surface area contributed by atoms with Crippen molar-refractivity contribution in [2.75, 3.05) is 19.0 Å². The number of aliphatic carboxylic acids is 1. The molecule has 2 N–H and O–H groups in total. The molecule has 3 atom stereocenters. The van der Waals surface area contributed by atoms with Crippen LogP contribution in [0.15, 0.2) is 35.7 Å². The van der Waals surface area contributed by atoms with Crippen molar-refractivity contribution in [3.8, 4) is 5.75 Å². The lowest BCUT2D eigenvalue weighted by Gasteiger charge is -2.42. The van der Waals surface area contributed by atoms with E-state index < -0.39 is 12.1 Å². The van der Waals surface area contributed by atoms with Crippen LogP contribution in [0.2, 0.25) is 0 Å². The highest BCUT2D eigenvalue weighted by molar-refractivity contribution is 7.12. The molecule has 1 aromatic heterocycles. The highest BCUT2D eigenvalue weighted by Crippen LogP contribution is 2.32. The molecule has 8 nitrogen and oxygen atoms in total. The number of carbonyl (C=O) groups is 3. The van der Waals surface area contributed by atoms with Gasteiger partial charge in [0.1, 0.15) is 18.5 Å². The lowest BCUT2D eigenvalue weighted by molar-refractivity contribution is -0.148. The van der Waals surface area contributed by atoms with Crippen LogP contribution in [-0.4, -0.2) is 59.7 Å². The Balaban J connectivity index is 1.54. The van der Waals surface area contributed by atoms with Gasteiger partial charge in [-0.15, -0.1) is 11.3 Å². The van der Waals surface area contributed by atoms with Gasteiger partial charge in [-0.1, -0.05) is 6.07 Å². The number of ether oxygens (including phenoxy) is 2. The molecule has 2 aliphatic heterocycles. The van der Waals surface area contributed by atoms with E-state index in [-0.39, 0.29) is 37.0 Å². The van der Waals surface area contributed by atoms with Gasteiger partial charge < -0.3 is 24.8 Å². The first kappa shape index (κ1) is 20.4. The molecule has 158 valence electrons. The second-order valence-electron chi connectivity index (χ2n) is 7.41. The Bertz CT molecular complexity index is 960. The number of carboxylic acid groups (broad SMARTS) is 1. The third-order valence-electron chi connectivity index (χ3n) is 5.42. The molecule has 0 radical (unpaired) electrons. The van der Waals surface area contributed by atoms with Crippen molar-refractivity contribution < 1.29 is 29.0 Å². The summed E-state index contributed by atoms with van der Waals surface area (Å²) in [7, 11) is 1.72. The van der Waals surface area contributed by atoms with Gasteiger partial charge in [-0.2, -0.15) is 0 Å². The second kappa shape index (κ2) is 8.45. The summed E-state index contributed by atoms with van der Waals surface area (Å²) in [5, 5.41) is 13.7. The van der Waals surface area contributed by atoms with E-state index in [0.717, 1.165) is 0 Å². The first-order valence-corrected chi connectivity index (χ1v) is 10.6. The van der Waals surface area contributed by atoms with Crippen LogP contribution in [0.4, 0.5) is 5.69 Å². The van der Waals surface area contributed by atoms with E-state index in [0.29, 0.717) is 34.7 Å². The van der Waals surface area contributed by atoms with Gasteiger partial charge >= 0.3 is 5.97 Å². The van der Waals surface area contributed by atoms with E-state index >= 15 is 0 Å². The van der Waals surface area contributed by atoms with Gasteiger partial charge in [-0.05, 0) is 42.5 Å². The van der Waals surface area contributed by atoms with E-state index in [2.05, 4.69) is 5.32 Å². The van der Waals surface area contributed by atoms with Gasteiger partial charge in [0, 0.05) is 12.7 Å². The maximum Gasteiger partial charge on any atom is 0.305 e. The number of fused-ring (bicyclic) bond motifs is 2. The Hall–Kier alpha value is -2.91. The molecule has 2 aromatic rings. The minimum atomic E-state index is -0.905. The maximum absolute atomic E-state index is 13.2. The summed E-state index contributed by atoms with van der Waals surface area (Å²) in [6.45, 7) is 0.215. The van der Waals surface area contributed by atoms with Crippen LogP contribution in [0, 0.1) is 0 Å². The largest absolute Gasteiger partial charge is 0.490 e. The zero-order chi connectivity index (χ0) is 21.3. The van der Waals surface area contributed by atoms with Crippen molar-refractivity contribution in [2.45, 2.75) is 37.5 Å².